The van der Waals surface area contributed by atoms with E-state index in [0.29, 0.717) is 34.9 Å². The number of carbonyl (C=O) groups is 2. The van der Waals surface area contributed by atoms with Crippen molar-refractivity contribution in [1.82, 2.24) is 30.4 Å². The second kappa shape index (κ2) is 8.11. The average Bonchev–Trinajstić information content (AvgIpc) is 3.29. The molecule has 2 N–H and O–H groups in total. The van der Waals surface area contributed by atoms with E-state index >= 15 is 0 Å². The highest BCUT2D eigenvalue weighted by Gasteiger charge is 2.24. The van der Waals surface area contributed by atoms with E-state index in [1.807, 2.05) is 6.92 Å². The maximum Gasteiger partial charge on any atom is 0.272 e. The normalized spacial score (nSPS) is 13.5. The molecule has 1 saturated carbocycles. The van der Waals surface area contributed by atoms with Crippen LogP contribution in [0, 0.1) is 0 Å². The number of rotatable bonds is 8. The van der Waals surface area contributed by atoms with Gasteiger partial charge in [0.2, 0.25) is 5.91 Å². The monoisotopic (exact) mass is 360 g/mol. The fourth-order valence-corrected chi connectivity index (χ4v) is 2.74. The third-order valence-corrected chi connectivity index (χ3v) is 4.45. The Balaban J connectivity index is 1.61. The number of hydrogen-bond acceptors (Lipinski definition) is 6. The highest BCUT2D eigenvalue weighted by Crippen LogP contribution is 2.19. The van der Waals surface area contributed by atoms with Crippen molar-refractivity contribution >= 4 is 23.6 Å². The predicted octanol–water partition coefficient (Wildman–Crippen LogP) is 1.17. The second-order valence-electron chi connectivity index (χ2n) is 5.75. The standard InChI is InChI=1S/C16H20N6O2S/c1-2-6-17-14(23)9-25-15-8-13(18-10-19-15)22-7-5-12(21-22)16(24)20-11-3-4-11/h5,7-8,10-11H,2-4,6,9H2,1H3,(H,17,23)(H,20,24). The van der Waals surface area contributed by atoms with Gasteiger partial charge in [-0.3, -0.25) is 9.59 Å². The van der Waals surface area contributed by atoms with Crippen LogP contribution in [0.5, 0.6) is 0 Å². The number of hydrogen-bond donors (Lipinski definition) is 2. The summed E-state index contributed by atoms with van der Waals surface area (Å²) in [5.74, 6) is 0.657. The predicted molar refractivity (Wildman–Crippen MR) is 93.7 cm³/mol. The van der Waals surface area contributed by atoms with Crippen LogP contribution >= 0.6 is 11.8 Å². The van der Waals surface area contributed by atoms with E-state index < -0.39 is 0 Å². The van der Waals surface area contributed by atoms with E-state index in [-0.39, 0.29) is 11.8 Å². The maximum absolute atomic E-state index is 12.0. The minimum Gasteiger partial charge on any atom is -0.355 e. The number of carbonyl (C=O) groups excluding carboxylic acids is 2. The van der Waals surface area contributed by atoms with E-state index in [1.54, 1.807) is 18.3 Å². The largest absolute Gasteiger partial charge is 0.355 e. The molecule has 2 aromatic heterocycles. The van der Waals surface area contributed by atoms with Crippen molar-refractivity contribution in [3.05, 3.63) is 30.4 Å². The van der Waals surface area contributed by atoms with Crippen LogP contribution in [0.4, 0.5) is 0 Å². The molecule has 0 radical (unpaired) electrons. The number of thioether (sulfide) groups is 1. The number of amides is 2. The van der Waals surface area contributed by atoms with E-state index in [9.17, 15) is 9.59 Å². The summed E-state index contributed by atoms with van der Waals surface area (Å²) >= 11 is 1.33. The highest BCUT2D eigenvalue weighted by molar-refractivity contribution is 7.99. The van der Waals surface area contributed by atoms with Crippen molar-refractivity contribution in [1.29, 1.82) is 0 Å². The highest BCUT2D eigenvalue weighted by atomic mass is 32.2. The van der Waals surface area contributed by atoms with Crippen LogP contribution in [0.3, 0.4) is 0 Å². The Morgan fingerprint density at radius 1 is 1.36 bits per heavy atom. The molecule has 25 heavy (non-hydrogen) atoms. The molecule has 132 valence electrons. The molecule has 2 aromatic rings. The van der Waals surface area contributed by atoms with Gasteiger partial charge in [0.25, 0.3) is 5.91 Å². The number of nitrogens with one attached hydrogen (secondary N) is 2. The zero-order chi connectivity index (χ0) is 17.6. The molecule has 0 saturated heterocycles. The molecule has 3 rings (SSSR count). The molecule has 1 fully saturated rings. The molecule has 1 aliphatic carbocycles. The van der Waals surface area contributed by atoms with E-state index in [1.165, 1.54) is 22.8 Å². The Kier molecular flexibility index (Phi) is 5.64. The molecule has 2 amide bonds. The summed E-state index contributed by atoms with van der Waals surface area (Å²) in [6.07, 6.45) is 6.08. The quantitative estimate of drug-likeness (QED) is 0.541. The topological polar surface area (TPSA) is 102 Å². The molecule has 0 atom stereocenters. The SMILES string of the molecule is CCCNC(=O)CSc1cc(-n2ccc(C(=O)NC3CC3)n2)ncn1. The molecule has 0 aliphatic heterocycles. The smallest absolute Gasteiger partial charge is 0.272 e. The first kappa shape index (κ1) is 17.4. The lowest BCUT2D eigenvalue weighted by molar-refractivity contribution is -0.118. The van der Waals surface area contributed by atoms with Crippen LogP contribution in [0.15, 0.2) is 29.7 Å². The molecule has 0 bridgehead atoms. The van der Waals surface area contributed by atoms with Crippen LogP contribution in [-0.2, 0) is 4.79 Å². The number of nitrogens with zero attached hydrogens (tertiary/aromatic N) is 4. The van der Waals surface area contributed by atoms with Crippen LogP contribution in [0.2, 0.25) is 0 Å². The lowest BCUT2D eigenvalue weighted by Crippen LogP contribution is -2.26. The van der Waals surface area contributed by atoms with Gasteiger partial charge in [0.15, 0.2) is 11.5 Å². The third kappa shape index (κ3) is 5.02. The van der Waals surface area contributed by atoms with Gasteiger partial charge in [-0.15, -0.1) is 0 Å². The van der Waals surface area contributed by atoms with E-state index in [2.05, 4.69) is 25.7 Å². The van der Waals surface area contributed by atoms with Crippen molar-refractivity contribution in [3.8, 4) is 5.82 Å². The maximum atomic E-state index is 12.0. The molecule has 2 heterocycles. The van der Waals surface area contributed by atoms with Crippen molar-refractivity contribution in [2.75, 3.05) is 12.3 Å². The Hall–Kier alpha value is -2.42. The summed E-state index contributed by atoms with van der Waals surface area (Å²) in [7, 11) is 0. The molecule has 1 aliphatic rings. The first-order valence-electron chi connectivity index (χ1n) is 8.24. The first-order valence-corrected chi connectivity index (χ1v) is 9.22. The summed E-state index contributed by atoms with van der Waals surface area (Å²) in [4.78, 5) is 32.0. The van der Waals surface area contributed by atoms with E-state index in [0.717, 1.165) is 19.3 Å². The fraction of sp³-hybridized carbons (Fsp3) is 0.438. The van der Waals surface area contributed by atoms with Crippen LogP contribution < -0.4 is 10.6 Å². The molecule has 0 aromatic carbocycles. The van der Waals surface area contributed by atoms with Gasteiger partial charge >= 0.3 is 0 Å². The Morgan fingerprint density at radius 3 is 2.96 bits per heavy atom. The first-order chi connectivity index (χ1) is 12.2. The number of aromatic nitrogens is 4. The Labute approximate surface area is 149 Å². The molecule has 0 unspecified atom stereocenters. The third-order valence-electron chi connectivity index (χ3n) is 3.52. The van der Waals surface area contributed by atoms with Crippen LogP contribution in [0.1, 0.15) is 36.7 Å². The van der Waals surface area contributed by atoms with Crippen LogP contribution in [-0.4, -0.2) is 49.9 Å². The summed E-state index contributed by atoms with van der Waals surface area (Å²) < 4.78 is 1.53. The molecular weight excluding hydrogens is 340 g/mol. The van der Waals surface area contributed by atoms with Gasteiger partial charge in [-0.1, -0.05) is 18.7 Å². The van der Waals surface area contributed by atoms with Gasteiger partial charge in [0.1, 0.15) is 11.4 Å². The van der Waals surface area contributed by atoms with Gasteiger partial charge in [-0.05, 0) is 25.3 Å². The molecule has 8 nitrogen and oxygen atoms in total. The van der Waals surface area contributed by atoms with Crippen molar-refractivity contribution < 1.29 is 9.59 Å². The molecular formula is C16H20N6O2S. The van der Waals surface area contributed by atoms with Gasteiger partial charge in [0, 0.05) is 24.8 Å². The minimum atomic E-state index is -0.169. The second-order valence-corrected chi connectivity index (χ2v) is 6.74. The molecule has 0 spiro atoms. The van der Waals surface area contributed by atoms with Crippen molar-refractivity contribution in [2.45, 2.75) is 37.3 Å². The fourth-order valence-electron chi connectivity index (χ4n) is 2.05. The Morgan fingerprint density at radius 2 is 2.20 bits per heavy atom. The zero-order valence-corrected chi connectivity index (χ0v) is 14.8. The van der Waals surface area contributed by atoms with Gasteiger partial charge < -0.3 is 10.6 Å². The van der Waals surface area contributed by atoms with Gasteiger partial charge in [-0.25, -0.2) is 14.6 Å². The Bertz CT molecular complexity index is 759. The van der Waals surface area contributed by atoms with Crippen molar-refractivity contribution in [2.24, 2.45) is 0 Å². The van der Waals surface area contributed by atoms with E-state index in [4.69, 9.17) is 0 Å². The summed E-state index contributed by atoms with van der Waals surface area (Å²) in [6.45, 7) is 2.68. The summed E-state index contributed by atoms with van der Waals surface area (Å²) in [6, 6.07) is 3.69. The lowest BCUT2D eigenvalue weighted by atomic mass is 10.4. The van der Waals surface area contributed by atoms with Crippen LogP contribution in [0.25, 0.3) is 5.82 Å². The lowest BCUT2D eigenvalue weighted by Gasteiger charge is -2.05. The minimum absolute atomic E-state index is 0.0230. The average molecular weight is 360 g/mol. The van der Waals surface area contributed by atoms with Gasteiger partial charge in [0.05, 0.1) is 5.75 Å². The van der Waals surface area contributed by atoms with Crippen molar-refractivity contribution in [3.63, 3.8) is 0 Å². The summed E-state index contributed by atoms with van der Waals surface area (Å²) in [5, 5.41) is 10.7. The summed E-state index contributed by atoms with van der Waals surface area (Å²) in [5.41, 5.74) is 0.360. The zero-order valence-electron chi connectivity index (χ0n) is 13.9. The molecule has 9 heteroatoms. The van der Waals surface area contributed by atoms with Gasteiger partial charge in [-0.2, -0.15) is 5.10 Å².